The Hall–Kier alpha value is -3.21. The lowest BCUT2D eigenvalue weighted by molar-refractivity contribution is 0.0684. The number of nitrogens with one attached hydrogen (secondary N) is 1. The summed E-state index contributed by atoms with van der Waals surface area (Å²) in [7, 11) is 0. The number of piperidine rings is 1. The molecule has 1 saturated heterocycles. The molecular weight excluding hydrogens is 360 g/mol. The number of carbonyl (C=O) groups excluding carboxylic acids is 1. The number of nitrogens with zero attached hydrogens (tertiary/aromatic N) is 3. The summed E-state index contributed by atoms with van der Waals surface area (Å²) in [4.78, 5) is 23.2. The van der Waals surface area contributed by atoms with E-state index in [1.807, 2.05) is 35.4 Å². The van der Waals surface area contributed by atoms with Crippen molar-refractivity contribution in [2.45, 2.75) is 25.8 Å². The van der Waals surface area contributed by atoms with Gasteiger partial charge < -0.3 is 10.2 Å². The third kappa shape index (κ3) is 5.19. The van der Waals surface area contributed by atoms with E-state index in [9.17, 15) is 4.79 Å². The van der Waals surface area contributed by atoms with Gasteiger partial charge in [0.1, 0.15) is 5.69 Å². The van der Waals surface area contributed by atoms with Crippen molar-refractivity contribution in [3.05, 3.63) is 90.0 Å². The fourth-order valence-corrected chi connectivity index (χ4v) is 3.78. The van der Waals surface area contributed by atoms with E-state index >= 15 is 0 Å². The first-order valence-electron chi connectivity index (χ1n) is 10.2. The molecule has 1 aliphatic heterocycles. The Kier molecular flexibility index (Phi) is 6.15. The van der Waals surface area contributed by atoms with Gasteiger partial charge in [0.25, 0.3) is 5.91 Å². The van der Waals surface area contributed by atoms with Gasteiger partial charge >= 0.3 is 0 Å². The summed E-state index contributed by atoms with van der Waals surface area (Å²) in [5, 5.41) is 3.31. The molecule has 29 heavy (non-hydrogen) atoms. The van der Waals surface area contributed by atoms with Gasteiger partial charge in [0.15, 0.2) is 0 Å². The molecule has 5 nitrogen and oxygen atoms in total. The highest BCUT2D eigenvalue weighted by Gasteiger charge is 2.24. The summed E-state index contributed by atoms with van der Waals surface area (Å²) in [6.45, 7) is 2.29. The molecular formula is C24H26N4O. The summed E-state index contributed by atoms with van der Waals surface area (Å²) in [5.41, 5.74) is 3.89. The molecule has 0 bridgehead atoms. The van der Waals surface area contributed by atoms with Gasteiger partial charge in [0.2, 0.25) is 0 Å². The van der Waals surface area contributed by atoms with Crippen LogP contribution in [0.5, 0.6) is 0 Å². The molecule has 4 rings (SSSR count). The predicted octanol–water partition coefficient (Wildman–Crippen LogP) is 4.18. The topological polar surface area (TPSA) is 58.1 Å². The molecule has 1 aromatic carbocycles. The number of anilines is 1. The molecule has 1 aliphatic rings. The fraction of sp³-hybridized carbons (Fsp3) is 0.292. The molecule has 1 N–H and O–H groups in total. The van der Waals surface area contributed by atoms with Gasteiger partial charge in [-0.15, -0.1) is 0 Å². The SMILES string of the molecule is O=C(c1ccc(NCc2cccnc2)cn1)N1CCC(Cc2ccccc2)CC1. The smallest absolute Gasteiger partial charge is 0.272 e. The Morgan fingerprint density at radius 3 is 2.45 bits per heavy atom. The standard InChI is InChI=1S/C24H26N4O/c29-24(28-13-10-20(11-14-28)15-19-5-2-1-3-6-19)23-9-8-22(18-27-23)26-17-21-7-4-12-25-16-21/h1-9,12,16,18,20,26H,10-11,13-15,17H2. The second kappa shape index (κ2) is 9.32. The Bertz CT molecular complexity index is 905. The van der Waals surface area contributed by atoms with Gasteiger partial charge in [-0.05, 0) is 54.5 Å². The van der Waals surface area contributed by atoms with E-state index in [-0.39, 0.29) is 5.91 Å². The minimum Gasteiger partial charge on any atom is -0.380 e. The first-order chi connectivity index (χ1) is 14.3. The van der Waals surface area contributed by atoms with E-state index in [1.54, 1.807) is 12.4 Å². The van der Waals surface area contributed by atoms with Crippen molar-refractivity contribution in [1.82, 2.24) is 14.9 Å². The molecule has 3 aromatic rings. The van der Waals surface area contributed by atoms with E-state index in [4.69, 9.17) is 0 Å². The number of rotatable bonds is 6. The molecule has 0 saturated carbocycles. The number of likely N-dealkylation sites (tertiary alicyclic amines) is 1. The Morgan fingerprint density at radius 2 is 1.76 bits per heavy atom. The number of benzene rings is 1. The Morgan fingerprint density at radius 1 is 0.966 bits per heavy atom. The number of hydrogen-bond acceptors (Lipinski definition) is 4. The number of aromatic nitrogens is 2. The summed E-state index contributed by atoms with van der Waals surface area (Å²) >= 11 is 0. The Labute approximate surface area is 171 Å². The van der Waals surface area contributed by atoms with Crippen molar-refractivity contribution < 1.29 is 4.79 Å². The largest absolute Gasteiger partial charge is 0.380 e. The van der Waals surface area contributed by atoms with Crippen LogP contribution in [0.2, 0.25) is 0 Å². The maximum atomic E-state index is 12.8. The zero-order valence-electron chi connectivity index (χ0n) is 16.5. The maximum Gasteiger partial charge on any atom is 0.272 e. The van der Waals surface area contributed by atoms with Crippen molar-refractivity contribution in [3.8, 4) is 0 Å². The molecule has 5 heteroatoms. The number of hydrogen-bond donors (Lipinski definition) is 1. The molecule has 2 aromatic heterocycles. The van der Waals surface area contributed by atoms with Crippen molar-refractivity contribution in [2.24, 2.45) is 5.92 Å². The van der Waals surface area contributed by atoms with Gasteiger partial charge in [-0.2, -0.15) is 0 Å². The van der Waals surface area contributed by atoms with Crippen LogP contribution in [-0.4, -0.2) is 33.9 Å². The van der Waals surface area contributed by atoms with Crippen LogP contribution in [-0.2, 0) is 13.0 Å². The summed E-state index contributed by atoms with van der Waals surface area (Å²) in [6.07, 6.45) is 8.51. The monoisotopic (exact) mass is 386 g/mol. The normalized spacial score (nSPS) is 14.6. The van der Waals surface area contributed by atoms with Crippen LogP contribution in [0.3, 0.4) is 0 Å². The fourth-order valence-electron chi connectivity index (χ4n) is 3.78. The van der Waals surface area contributed by atoms with Crippen LogP contribution in [0.4, 0.5) is 5.69 Å². The van der Waals surface area contributed by atoms with E-state index in [0.717, 1.165) is 43.6 Å². The number of amides is 1. The van der Waals surface area contributed by atoms with Crippen LogP contribution in [0.15, 0.2) is 73.2 Å². The predicted molar refractivity (Wildman–Crippen MR) is 115 cm³/mol. The third-order valence-electron chi connectivity index (χ3n) is 5.47. The van der Waals surface area contributed by atoms with Gasteiger partial charge in [-0.3, -0.25) is 9.78 Å². The molecule has 0 spiro atoms. The number of pyridine rings is 2. The molecule has 0 atom stereocenters. The highest BCUT2D eigenvalue weighted by Crippen LogP contribution is 2.22. The van der Waals surface area contributed by atoms with Crippen LogP contribution in [0.1, 0.15) is 34.5 Å². The lowest BCUT2D eigenvalue weighted by Crippen LogP contribution is -2.39. The molecule has 1 fully saturated rings. The third-order valence-corrected chi connectivity index (χ3v) is 5.47. The van der Waals surface area contributed by atoms with E-state index in [0.29, 0.717) is 18.2 Å². The zero-order valence-corrected chi connectivity index (χ0v) is 16.5. The van der Waals surface area contributed by atoms with Crippen LogP contribution >= 0.6 is 0 Å². The Balaban J connectivity index is 1.27. The summed E-state index contributed by atoms with van der Waals surface area (Å²) < 4.78 is 0. The average Bonchev–Trinajstić information content (AvgIpc) is 2.79. The van der Waals surface area contributed by atoms with Crippen LogP contribution < -0.4 is 5.32 Å². The minimum absolute atomic E-state index is 0.0296. The van der Waals surface area contributed by atoms with Gasteiger partial charge in [-0.1, -0.05) is 36.4 Å². The highest BCUT2D eigenvalue weighted by molar-refractivity contribution is 5.92. The second-order valence-electron chi connectivity index (χ2n) is 7.57. The molecule has 3 heterocycles. The molecule has 0 aliphatic carbocycles. The highest BCUT2D eigenvalue weighted by atomic mass is 16.2. The maximum absolute atomic E-state index is 12.8. The van der Waals surface area contributed by atoms with Crippen molar-refractivity contribution in [1.29, 1.82) is 0 Å². The minimum atomic E-state index is 0.0296. The van der Waals surface area contributed by atoms with Gasteiger partial charge in [-0.25, -0.2) is 4.98 Å². The lowest BCUT2D eigenvalue weighted by Gasteiger charge is -2.32. The number of carbonyl (C=O) groups is 1. The molecule has 0 radical (unpaired) electrons. The summed E-state index contributed by atoms with van der Waals surface area (Å²) in [5.74, 6) is 0.676. The van der Waals surface area contributed by atoms with Gasteiger partial charge in [0, 0.05) is 32.0 Å². The lowest BCUT2D eigenvalue weighted by atomic mass is 9.90. The van der Waals surface area contributed by atoms with E-state index in [1.165, 1.54) is 5.56 Å². The van der Waals surface area contributed by atoms with E-state index < -0.39 is 0 Å². The van der Waals surface area contributed by atoms with E-state index in [2.05, 4.69) is 45.6 Å². The quantitative estimate of drug-likeness (QED) is 0.690. The first-order valence-corrected chi connectivity index (χ1v) is 10.2. The average molecular weight is 386 g/mol. The molecule has 148 valence electrons. The van der Waals surface area contributed by atoms with Crippen LogP contribution in [0, 0.1) is 5.92 Å². The summed E-state index contributed by atoms with van der Waals surface area (Å²) in [6, 6.07) is 18.3. The first kappa shape index (κ1) is 19.1. The van der Waals surface area contributed by atoms with Crippen molar-refractivity contribution in [3.63, 3.8) is 0 Å². The second-order valence-corrected chi connectivity index (χ2v) is 7.57. The zero-order chi connectivity index (χ0) is 19.9. The van der Waals surface area contributed by atoms with Crippen molar-refractivity contribution >= 4 is 11.6 Å². The molecule has 0 unspecified atom stereocenters. The molecule has 1 amide bonds. The van der Waals surface area contributed by atoms with Gasteiger partial charge in [0.05, 0.1) is 11.9 Å². The van der Waals surface area contributed by atoms with Crippen LogP contribution in [0.25, 0.3) is 0 Å². The van der Waals surface area contributed by atoms with Crippen molar-refractivity contribution in [2.75, 3.05) is 18.4 Å².